The van der Waals surface area contributed by atoms with Crippen molar-refractivity contribution in [1.29, 1.82) is 0 Å². The summed E-state index contributed by atoms with van der Waals surface area (Å²) >= 11 is 0. The molecule has 1 aliphatic carbocycles. The van der Waals surface area contributed by atoms with Gasteiger partial charge in [0.15, 0.2) is 0 Å². The number of alkyl halides is 1. The first-order valence-corrected chi connectivity index (χ1v) is 17.6. The van der Waals surface area contributed by atoms with E-state index >= 15 is 0 Å². The Labute approximate surface area is 300 Å². The van der Waals surface area contributed by atoms with E-state index in [0.717, 1.165) is 37.9 Å². The number of carbonyl (C=O) groups is 1. The zero-order valence-electron chi connectivity index (χ0n) is 32.5. The van der Waals surface area contributed by atoms with Gasteiger partial charge < -0.3 is 19.9 Å². The first-order valence-electron chi connectivity index (χ1n) is 17.6. The van der Waals surface area contributed by atoms with Crippen LogP contribution in [-0.2, 0) is 20.7 Å². The van der Waals surface area contributed by atoms with Gasteiger partial charge in [-0.25, -0.2) is 18.7 Å². The number of hydrogen-bond donors (Lipinski definition) is 2. The molecule has 0 saturated heterocycles. The quantitative estimate of drug-likeness (QED) is 0.178. The van der Waals surface area contributed by atoms with Crippen LogP contribution in [0.25, 0.3) is 11.1 Å². The molecular formula is C41H61F2N3O4. The van der Waals surface area contributed by atoms with Gasteiger partial charge in [0.05, 0.1) is 29.9 Å². The number of carbonyl (C=O) groups excluding carboxylic acids is 1. The fourth-order valence-corrected chi connectivity index (χ4v) is 4.78. The van der Waals surface area contributed by atoms with Crippen LogP contribution < -0.4 is 5.32 Å². The van der Waals surface area contributed by atoms with Gasteiger partial charge in [-0.1, -0.05) is 64.1 Å². The smallest absolute Gasteiger partial charge is 0.227 e. The van der Waals surface area contributed by atoms with Crippen molar-refractivity contribution in [1.82, 2.24) is 9.97 Å². The van der Waals surface area contributed by atoms with E-state index in [0.29, 0.717) is 34.1 Å². The molecule has 0 amide bonds. The number of anilines is 1. The Bertz CT molecular complexity index is 1480. The third-order valence-electron chi connectivity index (χ3n) is 8.36. The molecule has 2 N–H and O–H groups in total. The molecule has 0 radical (unpaired) electrons. The average molecular weight is 698 g/mol. The van der Waals surface area contributed by atoms with Gasteiger partial charge in [-0.2, -0.15) is 0 Å². The molecule has 9 heteroatoms. The Morgan fingerprint density at radius 1 is 1.16 bits per heavy atom. The average Bonchev–Trinajstić information content (AvgIpc) is 3.89. The van der Waals surface area contributed by atoms with Crippen molar-refractivity contribution in [3.8, 4) is 11.1 Å². The molecule has 50 heavy (non-hydrogen) atoms. The molecule has 2 aromatic rings. The number of aliphatic hydroxyl groups is 1. The van der Waals surface area contributed by atoms with Crippen molar-refractivity contribution in [2.24, 2.45) is 5.41 Å². The highest BCUT2D eigenvalue weighted by Crippen LogP contribution is 2.61. The molecule has 0 spiro atoms. The van der Waals surface area contributed by atoms with E-state index in [1.54, 1.807) is 59.3 Å². The number of Topliss-reactive ketones (excluding diaryl/α,β-unsaturated/α-hetero) is 1. The number of ether oxygens (including phenoxy) is 2. The maximum absolute atomic E-state index is 14.3. The van der Waals surface area contributed by atoms with Crippen molar-refractivity contribution in [2.45, 2.75) is 132 Å². The fourth-order valence-electron chi connectivity index (χ4n) is 4.78. The molecule has 4 rings (SSSR count). The van der Waals surface area contributed by atoms with Crippen LogP contribution >= 0.6 is 0 Å². The highest BCUT2D eigenvalue weighted by atomic mass is 19.1. The number of allylic oxidation sites excluding steroid dienone is 4. The van der Waals surface area contributed by atoms with E-state index < -0.39 is 17.1 Å². The number of aromatic nitrogens is 2. The molecule has 1 aliphatic heterocycles. The minimum absolute atomic E-state index is 0.0796. The summed E-state index contributed by atoms with van der Waals surface area (Å²) in [6.45, 7) is 24.2. The second-order valence-electron chi connectivity index (χ2n) is 13.6. The first kappa shape index (κ1) is 44.2. The van der Waals surface area contributed by atoms with Crippen LogP contribution in [0.5, 0.6) is 0 Å². The number of nitrogens with zero attached hydrogens (tertiary/aromatic N) is 2. The summed E-state index contributed by atoms with van der Waals surface area (Å²) in [5, 5.41) is 11.9. The van der Waals surface area contributed by atoms with Crippen molar-refractivity contribution in [2.75, 3.05) is 12.4 Å². The van der Waals surface area contributed by atoms with Gasteiger partial charge in [0.25, 0.3) is 0 Å². The predicted octanol–water partition coefficient (Wildman–Crippen LogP) is 10.6. The van der Waals surface area contributed by atoms with Gasteiger partial charge >= 0.3 is 0 Å². The molecule has 1 fully saturated rings. The molecule has 7 nitrogen and oxygen atoms in total. The van der Waals surface area contributed by atoms with Crippen LogP contribution in [0.15, 0.2) is 78.2 Å². The van der Waals surface area contributed by atoms with E-state index in [1.165, 1.54) is 18.6 Å². The highest BCUT2D eigenvalue weighted by molar-refractivity contribution is 5.78. The second kappa shape index (κ2) is 20.1. The SMILES string of the molecule is C=C(OC)/C(=C\CC)Nc1ncc(-c2ccc(CC(C)=O)c(F)c2)cn1.CC.CC1=CCC(C)OC(C2(C(C)(C)F)CC2)=C1.CCC(C)(C)O. The van der Waals surface area contributed by atoms with Gasteiger partial charge in [0, 0.05) is 30.8 Å². The molecule has 278 valence electrons. The molecule has 1 aromatic heterocycles. The molecule has 2 heterocycles. The Kier molecular flexibility index (Phi) is 17.8. The van der Waals surface area contributed by atoms with Gasteiger partial charge in [-0.05, 0) is 97.4 Å². The van der Waals surface area contributed by atoms with Crippen LogP contribution in [0.1, 0.15) is 114 Å². The Balaban J connectivity index is 0.000000440. The van der Waals surface area contributed by atoms with Gasteiger partial charge in [-0.3, -0.25) is 4.79 Å². The number of nitrogens with one attached hydrogen (secondary N) is 1. The lowest BCUT2D eigenvalue weighted by molar-refractivity contribution is -0.116. The van der Waals surface area contributed by atoms with Crippen LogP contribution in [0.3, 0.4) is 0 Å². The monoisotopic (exact) mass is 697 g/mol. The normalized spacial score (nSPS) is 16.5. The van der Waals surface area contributed by atoms with E-state index in [2.05, 4.69) is 34.9 Å². The van der Waals surface area contributed by atoms with E-state index in [-0.39, 0.29) is 23.7 Å². The third kappa shape index (κ3) is 14.2. The minimum Gasteiger partial charge on any atom is -0.495 e. The maximum atomic E-state index is 14.3. The summed E-state index contributed by atoms with van der Waals surface area (Å²) in [7, 11) is 1.54. The topological polar surface area (TPSA) is 93.6 Å². The number of rotatable bonds is 11. The molecule has 1 unspecified atom stereocenters. The van der Waals surface area contributed by atoms with E-state index in [4.69, 9.17) is 14.6 Å². The third-order valence-corrected chi connectivity index (χ3v) is 8.36. The molecule has 2 aliphatic rings. The highest BCUT2D eigenvalue weighted by Gasteiger charge is 2.59. The summed E-state index contributed by atoms with van der Waals surface area (Å²) in [6, 6.07) is 4.75. The molecule has 0 bridgehead atoms. The van der Waals surface area contributed by atoms with Gasteiger partial charge in [0.2, 0.25) is 5.95 Å². The maximum Gasteiger partial charge on any atom is 0.227 e. The van der Waals surface area contributed by atoms with E-state index in [9.17, 15) is 13.6 Å². The second-order valence-corrected chi connectivity index (χ2v) is 13.6. The first-order chi connectivity index (χ1) is 23.3. The summed E-state index contributed by atoms with van der Waals surface area (Å²) in [5.74, 6) is 1.25. The van der Waals surface area contributed by atoms with Crippen LogP contribution in [0, 0.1) is 11.2 Å². The van der Waals surface area contributed by atoms with Crippen LogP contribution in [0.2, 0.25) is 0 Å². The largest absolute Gasteiger partial charge is 0.495 e. The number of methoxy groups -OCH3 is 1. The zero-order chi connectivity index (χ0) is 38.3. The molecule has 1 aromatic carbocycles. The fraction of sp³-hybridized carbons (Fsp3) is 0.537. The van der Waals surface area contributed by atoms with Gasteiger partial charge in [-0.15, -0.1) is 0 Å². The standard InChI is InChI=1S/C20H22FN3O2.C14H21FO.C5H12O.C2H6/c1-5-6-19(14(3)26-4)24-20-22-11-17(12-23-20)15-7-8-16(9-13(2)25)18(21)10-15;1-10-5-6-11(2)16-12(9-10)14(7-8-14)13(3,4)15;1-4-5(2,3)6;1-2/h6-8,10-12H,3,5,9H2,1-2,4H3,(H,22,23,24);5,9,11H,6-8H2,1-4H3;6H,4H2,1-3H3;1-2H3/b19-6+;;;. The number of ketones is 1. The van der Waals surface area contributed by atoms with Gasteiger partial charge in [0.1, 0.15) is 28.8 Å². The lowest BCUT2D eigenvalue weighted by atomic mass is 9.86. The van der Waals surface area contributed by atoms with Crippen molar-refractivity contribution < 1.29 is 28.2 Å². The number of halogens is 2. The minimum atomic E-state index is -1.19. The Hall–Kier alpha value is -3.85. The van der Waals surface area contributed by atoms with Crippen molar-refractivity contribution in [3.05, 3.63) is 89.6 Å². The summed E-state index contributed by atoms with van der Waals surface area (Å²) < 4.78 is 39.4. The van der Waals surface area contributed by atoms with E-state index in [1.807, 2.05) is 46.8 Å². The number of benzene rings is 1. The van der Waals surface area contributed by atoms with Crippen molar-refractivity contribution in [3.63, 3.8) is 0 Å². The summed E-state index contributed by atoms with van der Waals surface area (Å²) in [6.07, 6.45) is 13.9. The lowest BCUT2D eigenvalue weighted by Crippen LogP contribution is -2.31. The zero-order valence-corrected chi connectivity index (χ0v) is 32.5. The van der Waals surface area contributed by atoms with Crippen molar-refractivity contribution >= 4 is 11.7 Å². The predicted molar refractivity (Wildman–Crippen MR) is 202 cm³/mol. The lowest BCUT2D eigenvalue weighted by Gasteiger charge is -2.30. The summed E-state index contributed by atoms with van der Waals surface area (Å²) in [5.41, 5.74) is 1.58. The summed E-state index contributed by atoms with van der Waals surface area (Å²) in [4.78, 5) is 19.7. The molecule has 1 saturated carbocycles. The molecular weight excluding hydrogens is 636 g/mol. The van der Waals surface area contributed by atoms with Crippen LogP contribution in [0.4, 0.5) is 14.7 Å². The Morgan fingerprint density at radius 2 is 1.74 bits per heavy atom. The number of hydrogen-bond acceptors (Lipinski definition) is 7. The van der Waals surface area contributed by atoms with Crippen LogP contribution in [-0.4, -0.2) is 45.3 Å². The molecule has 1 atom stereocenters. The Morgan fingerprint density at radius 3 is 2.18 bits per heavy atom.